The molecule has 0 spiro atoms. The van der Waals surface area contributed by atoms with Crippen LogP contribution in [-0.2, 0) is 9.53 Å². The van der Waals surface area contributed by atoms with Crippen molar-refractivity contribution in [3.63, 3.8) is 0 Å². The first-order chi connectivity index (χ1) is 9.48. The molecule has 0 aromatic rings. The van der Waals surface area contributed by atoms with Crippen molar-refractivity contribution in [2.75, 3.05) is 7.11 Å². The molecule has 0 heterocycles. The van der Waals surface area contributed by atoms with Crippen LogP contribution in [0.5, 0.6) is 0 Å². The van der Waals surface area contributed by atoms with Gasteiger partial charge in [-0.15, -0.1) is 0 Å². The second kappa shape index (κ2) is 7.52. The number of aliphatic hydroxyl groups excluding tert-OH is 1. The molecule has 6 heteroatoms. The minimum Gasteiger partial charge on any atom is -0.512 e. The fourth-order valence-corrected chi connectivity index (χ4v) is 2.37. The van der Waals surface area contributed by atoms with Crippen LogP contribution in [0, 0.1) is 23.7 Å². The smallest absolute Gasteiger partial charge is 0.391 e. The number of hydrogen-bond acceptors (Lipinski definition) is 3. The zero-order valence-corrected chi connectivity index (χ0v) is 13.0. The number of methoxy groups -OCH3 is 1. The molecule has 0 amide bonds. The van der Waals surface area contributed by atoms with Crippen LogP contribution in [0.4, 0.5) is 13.2 Å². The number of ether oxygens (including phenoxy) is 1. The normalized spacial score (nSPS) is 18.6. The van der Waals surface area contributed by atoms with Gasteiger partial charge in [0.25, 0.3) is 0 Å². The van der Waals surface area contributed by atoms with Gasteiger partial charge in [0.15, 0.2) is 0 Å². The van der Waals surface area contributed by atoms with E-state index in [2.05, 4.69) is 11.3 Å². The zero-order valence-electron chi connectivity index (χ0n) is 13.0. The van der Waals surface area contributed by atoms with Gasteiger partial charge in [-0.2, -0.15) is 13.2 Å². The molecule has 0 saturated carbocycles. The molecule has 0 aliphatic heterocycles. The second-order valence-electron chi connectivity index (χ2n) is 5.25. The standard InChI is InChI=1S/C15H23F3O3/c1-7-12(14(20)21-6)13(11(5)19)9(3)8(2)10(4)15(16,17)18/h7-10,13,19H,5H2,1-4,6H3/b12-7+/t8-,9+,10+,13-/m0/s1. The molecule has 0 aromatic carbocycles. The average molecular weight is 308 g/mol. The van der Waals surface area contributed by atoms with Gasteiger partial charge in [-0.3, -0.25) is 0 Å². The monoisotopic (exact) mass is 308 g/mol. The third-order valence-electron chi connectivity index (χ3n) is 4.09. The molecular weight excluding hydrogens is 285 g/mol. The number of carbonyl (C=O) groups excluding carboxylic acids is 1. The van der Waals surface area contributed by atoms with Crippen molar-refractivity contribution in [3.8, 4) is 0 Å². The Morgan fingerprint density at radius 1 is 1.24 bits per heavy atom. The van der Waals surface area contributed by atoms with Gasteiger partial charge >= 0.3 is 12.1 Å². The SMILES string of the molecule is C=C(O)[C@@H](/C(=C\C)C(=O)OC)[C@H](C)[C@H](C)[C@@H](C)C(F)(F)F. The fraction of sp³-hybridized carbons (Fsp3) is 0.667. The Balaban J connectivity index is 5.50. The van der Waals surface area contributed by atoms with Crippen molar-refractivity contribution in [2.45, 2.75) is 33.9 Å². The summed E-state index contributed by atoms with van der Waals surface area (Å²) in [7, 11) is 1.18. The molecular formula is C15H23F3O3. The summed E-state index contributed by atoms with van der Waals surface area (Å²) in [5, 5.41) is 9.74. The van der Waals surface area contributed by atoms with E-state index in [1.165, 1.54) is 20.1 Å². The van der Waals surface area contributed by atoms with E-state index in [-0.39, 0.29) is 11.3 Å². The predicted molar refractivity (Wildman–Crippen MR) is 74.6 cm³/mol. The largest absolute Gasteiger partial charge is 0.512 e. The molecule has 1 N–H and O–H groups in total. The van der Waals surface area contributed by atoms with Gasteiger partial charge in [0.05, 0.1) is 24.7 Å². The molecule has 21 heavy (non-hydrogen) atoms. The first kappa shape index (κ1) is 19.5. The summed E-state index contributed by atoms with van der Waals surface area (Å²) < 4.78 is 43.1. The third kappa shape index (κ3) is 4.79. The summed E-state index contributed by atoms with van der Waals surface area (Å²) in [4.78, 5) is 11.7. The van der Waals surface area contributed by atoms with Crippen molar-refractivity contribution < 1.29 is 27.8 Å². The number of hydrogen-bond donors (Lipinski definition) is 1. The average Bonchev–Trinajstić information content (AvgIpc) is 2.39. The van der Waals surface area contributed by atoms with E-state index < -0.39 is 35.8 Å². The number of carbonyl (C=O) groups is 1. The topological polar surface area (TPSA) is 46.5 Å². The number of aliphatic hydroxyl groups is 1. The van der Waals surface area contributed by atoms with E-state index in [0.717, 1.165) is 6.92 Å². The Labute approximate surface area is 123 Å². The molecule has 0 aliphatic rings. The van der Waals surface area contributed by atoms with E-state index in [1.807, 2.05) is 0 Å². The first-order valence-corrected chi connectivity index (χ1v) is 6.67. The van der Waals surface area contributed by atoms with Gasteiger partial charge in [0.1, 0.15) is 0 Å². The summed E-state index contributed by atoms with van der Waals surface area (Å²) in [6, 6.07) is 0. The lowest BCUT2D eigenvalue weighted by atomic mass is 9.73. The van der Waals surface area contributed by atoms with Crippen LogP contribution >= 0.6 is 0 Å². The van der Waals surface area contributed by atoms with Crippen LogP contribution in [0.2, 0.25) is 0 Å². The number of esters is 1. The Hall–Kier alpha value is -1.46. The quantitative estimate of drug-likeness (QED) is 0.453. The first-order valence-electron chi connectivity index (χ1n) is 6.67. The van der Waals surface area contributed by atoms with Crippen LogP contribution < -0.4 is 0 Å². The van der Waals surface area contributed by atoms with E-state index in [1.54, 1.807) is 13.8 Å². The third-order valence-corrected chi connectivity index (χ3v) is 4.09. The van der Waals surface area contributed by atoms with Gasteiger partial charge in [-0.05, 0) is 18.8 Å². The highest BCUT2D eigenvalue weighted by Gasteiger charge is 2.44. The Bertz CT molecular complexity index is 413. The van der Waals surface area contributed by atoms with E-state index in [9.17, 15) is 23.1 Å². The minimum absolute atomic E-state index is 0.110. The highest BCUT2D eigenvalue weighted by atomic mass is 19.4. The maximum absolute atomic E-state index is 12.8. The van der Waals surface area contributed by atoms with E-state index in [4.69, 9.17) is 0 Å². The molecule has 0 fully saturated rings. The molecule has 0 bridgehead atoms. The van der Waals surface area contributed by atoms with Crippen molar-refractivity contribution in [1.82, 2.24) is 0 Å². The molecule has 3 nitrogen and oxygen atoms in total. The fourth-order valence-electron chi connectivity index (χ4n) is 2.37. The number of allylic oxidation sites excluding steroid dienone is 2. The lowest BCUT2D eigenvalue weighted by Gasteiger charge is -2.33. The van der Waals surface area contributed by atoms with Crippen molar-refractivity contribution >= 4 is 5.97 Å². The van der Waals surface area contributed by atoms with Gasteiger partial charge < -0.3 is 9.84 Å². The summed E-state index contributed by atoms with van der Waals surface area (Å²) in [5.74, 6) is -4.94. The van der Waals surface area contributed by atoms with Crippen LogP contribution in [-0.4, -0.2) is 24.4 Å². The Kier molecular flexibility index (Phi) is 7.00. The molecule has 0 radical (unpaired) electrons. The highest BCUT2D eigenvalue weighted by molar-refractivity contribution is 5.89. The molecule has 0 aliphatic carbocycles. The minimum atomic E-state index is -4.34. The predicted octanol–water partition coefficient (Wildman–Crippen LogP) is 4.26. The molecule has 0 unspecified atom stereocenters. The lowest BCUT2D eigenvalue weighted by molar-refractivity contribution is -0.187. The molecule has 0 rings (SSSR count). The Morgan fingerprint density at radius 3 is 2.00 bits per heavy atom. The van der Waals surface area contributed by atoms with Gasteiger partial charge in [-0.1, -0.05) is 33.4 Å². The maximum Gasteiger partial charge on any atom is 0.391 e. The molecule has 122 valence electrons. The van der Waals surface area contributed by atoms with Crippen LogP contribution in [0.1, 0.15) is 27.7 Å². The number of halogens is 3. The Morgan fingerprint density at radius 2 is 1.71 bits per heavy atom. The van der Waals surface area contributed by atoms with Crippen LogP contribution in [0.25, 0.3) is 0 Å². The summed E-state index contributed by atoms with van der Waals surface area (Å²) in [6.45, 7) is 9.05. The molecule has 0 aromatic heterocycles. The summed E-state index contributed by atoms with van der Waals surface area (Å²) >= 11 is 0. The van der Waals surface area contributed by atoms with Crippen molar-refractivity contribution in [1.29, 1.82) is 0 Å². The second-order valence-corrected chi connectivity index (χ2v) is 5.25. The van der Waals surface area contributed by atoms with Gasteiger partial charge in [-0.25, -0.2) is 4.79 Å². The zero-order chi connectivity index (χ0) is 17.0. The molecule has 4 atom stereocenters. The van der Waals surface area contributed by atoms with Crippen molar-refractivity contribution in [3.05, 3.63) is 24.0 Å². The number of rotatable bonds is 6. The summed E-state index contributed by atoms with van der Waals surface area (Å²) in [5.41, 5.74) is 0.110. The number of alkyl halides is 3. The summed E-state index contributed by atoms with van der Waals surface area (Å²) in [6.07, 6.45) is -2.91. The molecule has 0 saturated heterocycles. The van der Waals surface area contributed by atoms with Gasteiger partial charge in [0.2, 0.25) is 0 Å². The van der Waals surface area contributed by atoms with Crippen LogP contribution in [0.15, 0.2) is 24.0 Å². The maximum atomic E-state index is 12.8. The van der Waals surface area contributed by atoms with E-state index >= 15 is 0 Å². The highest BCUT2D eigenvalue weighted by Crippen LogP contribution is 2.40. The van der Waals surface area contributed by atoms with Crippen LogP contribution in [0.3, 0.4) is 0 Å². The lowest BCUT2D eigenvalue weighted by Crippen LogP contribution is -2.35. The van der Waals surface area contributed by atoms with Gasteiger partial charge in [0, 0.05) is 5.57 Å². The van der Waals surface area contributed by atoms with Crippen molar-refractivity contribution in [2.24, 2.45) is 23.7 Å². The van der Waals surface area contributed by atoms with E-state index in [0.29, 0.717) is 0 Å².